The molecule has 5 rings (SSSR count). The second kappa shape index (κ2) is 4.43. The van der Waals surface area contributed by atoms with E-state index in [0.717, 1.165) is 25.9 Å². The standard InChI is InChI=1S/C15H13Cl2FN4O/c16-12-10(18)11-6(4-19-12)13(21-14(17)20-11)22-2-1-7-9-8(23)3-15(7,9)5-22/h4,7-9,23H,1-3,5H2/t7?,8-,9?,15-/m0/s1. The van der Waals surface area contributed by atoms with E-state index >= 15 is 0 Å². The molecule has 0 bridgehead atoms. The van der Waals surface area contributed by atoms with Gasteiger partial charge in [-0.25, -0.2) is 14.4 Å². The third-order valence-corrected chi connectivity index (χ3v) is 6.25. The summed E-state index contributed by atoms with van der Waals surface area (Å²) in [4.78, 5) is 14.3. The lowest BCUT2D eigenvalue weighted by Gasteiger charge is -2.38. The SMILES string of the molecule is O[C@H]1C[C@]23CN(c4nc(Cl)nc5c(F)c(Cl)ncc45)CCC2C13. The Morgan fingerprint density at radius 1 is 1.35 bits per heavy atom. The Bertz CT molecular complexity index is 844. The Hall–Kier alpha value is -1.24. The molecule has 2 aliphatic carbocycles. The van der Waals surface area contributed by atoms with Crippen LogP contribution in [0.25, 0.3) is 10.9 Å². The highest BCUT2D eigenvalue weighted by Crippen LogP contribution is 2.74. The number of piperidine rings is 1. The van der Waals surface area contributed by atoms with E-state index in [1.54, 1.807) is 0 Å². The van der Waals surface area contributed by atoms with Gasteiger partial charge in [0.2, 0.25) is 5.28 Å². The maximum absolute atomic E-state index is 14.2. The molecule has 3 heterocycles. The van der Waals surface area contributed by atoms with E-state index in [9.17, 15) is 9.50 Å². The number of aromatic nitrogens is 3. The smallest absolute Gasteiger partial charge is 0.225 e. The predicted molar refractivity (Wildman–Crippen MR) is 84.2 cm³/mol. The Morgan fingerprint density at radius 2 is 2.17 bits per heavy atom. The number of rotatable bonds is 1. The fraction of sp³-hybridized carbons (Fsp3) is 0.533. The van der Waals surface area contributed by atoms with Crippen molar-refractivity contribution in [2.45, 2.75) is 18.9 Å². The minimum atomic E-state index is -0.675. The molecular weight excluding hydrogens is 342 g/mol. The van der Waals surface area contributed by atoms with Gasteiger partial charge in [0.15, 0.2) is 11.0 Å². The molecule has 2 aromatic rings. The maximum Gasteiger partial charge on any atom is 0.225 e. The second-order valence-electron chi connectivity index (χ2n) is 6.79. The van der Waals surface area contributed by atoms with Crippen LogP contribution in [0.4, 0.5) is 10.2 Å². The molecule has 2 unspecified atom stereocenters. The lowest BCUT2D eigenvalue weighted by Crippen LogP contribution is -2.43. The monoisotopic (exact) mass is 354 g/mol. The van der Waals surface area contributed by atoms with Crippen LogP contribution in [-0.2, 0) is 0 Å². The van der Waals surface area contributed by atoms with Crippen molar-refractivity contribution >= 4 is 39.9 Å². The van der Waals surface area contributed by atoms with E-state index in [0.29, 0.717) is 23.0 Å². The third-order valence-electron chi connectivity index (χ3n) is 5.82. The fourth-order valence-electron chi connectivity index (χ4n) is 4.81. The molecule has 3 fully saturated rings. The van der Waals surface area contributed by atoms with Crippen molar-refractivity contribution < 1.29 is 9.50 Å². The summed E-state index contributed by atoms with van der Waals surface area (Å²) in [5, 5.41) is 10.2. The van der Waals surface area contributed by atoms with Gasteiger partial charge in [-0.05, 0) is 41.7 Å². The van der Waals surface area contributed by atoms with Gasteiger partial charge in [-0.3, -0.25) is 0 Å². The number of aliphatic hydroxyl groups excluding tert-OH is 1. The van der Waals surface area contributed by atoms with Crippen LogP contribution < -0.4 is 4.90 Å². The first-order valence-corrected chi connectivity index (χ1v) is 8.37. The zero-order chi connectivity index (χ0) is 15.9. The molecule has 120 valence electrons. The number of hydrogen-bond donors (Lipinski definition) is 1. The van der Waals surface area contributed by atoms with E-state index in [-0.39, 0.29) is 27.5 Å². The van der Waals surface area contributed by atoms with Gasteiger partial charge in [-0.1, -0.05) is 11.6 Å². The van der Waals surface area contributed by atoms with Crippen LogP contribution in [0.5, 0.6) is 0 Å². The molecule has 1 saturated heterocycles. The lowest BCUT2D eigenvalue weighted by molar-refractivity contribution is 0.0376. The quantitative estimate of drug-likeness (QED) is 0.630. The molecule has 23 heavy (non-hydrogen) atoms. The second-order valence-corrected chi connectivity index (χ2v) is 7.48. The van der Waals surface area contributed by atoms with Gasteiger partial charge in [0.1, 0.15) is 11.3 Å². The maximum atomic E-state index is 14.2. The predicted octanol–water partition coefficient (Wildman–Crippen LogP) is 2.68. The van der Waals surface area contributed by atoms with Gasteiger partial charge >= 0.3 is 0 Å². The summed E-state index contributed by atoms with van der Waals surface area (Å²) in [6.45, 7) is 1.62. The first-order valence-electron chi connectivity index (χ1n) is 7.61. The van der Waals surface area contributed by atoms with Crippen molar-refractivity contribution in [3.05, 3.63) is 22.5 Å². The summed E-state index contributed by atoms with van der Waals surface area (Å²) in [6, 6.07) is 0. The largest absolute Gasteiger partial charge is 0.393 e. The Kier molecular flexibility index (Phi) is 2.72. The minimum absolute atomic E-state index is 0.00530. The van der Waals surface area contributed by atoms with Crippen molar-refractivity contribution in [2.75, 3.05) is 18.0 Å². The molecule has 1 aliphatic heterocycles. The van der Waals surface area contributed by atoms with Gasteiger partial charge < -0.3 is 10.0 Å². The molecule has 0 aromatic carbocycles. The number of pyridine rings is 1. The highest BCUT2D eigenvalue weighted by Gasteiger charge is 2.75. The minimum Gasteiger partial charge on any atom is -0.393 e. The first-order chi connectivity index (χ1) is 11.0. The van der Waals surface area contributed by atoms with Crippen LogP contribution in [0.1, 0.15) is 12.8 Å². The molecule has 2 aromatic heterocycles. The van der Waals surface area contributed by atoms with Gasteiger partial charge in [-0.15, -0.1) is 0 Å². The molecule has 5 nitrogen and oxygen atoms in total. The summed E-state index contributed by atoms with van der Waals surface area (Å²) in [7, 11) is 0. The number of halogens is 3. The third kappa shape index (κ3) is 1.74. The zero-order valence-corrected chi connectivity index (χ0v) is 13.5. The summed E-state index contributed by atoms with van der Waals surface area (Å²) in [5.74, 6) is 0.955. The molecule has 8 heteroatoms. The zero-order valence-electron chi connectivity index (χ0n) is 12.0. The molecular formula is C15H13Cl2FN4O. The van der Waals surface area contributed by atoms with Gasteiger partial charge in [0.05, 0.1) is 11.5 Å². The summed E-state index contributed by atoms with van der Waals surface area (Å²) < 4.78 is 14.2. The van der Waals surface area contributed by atoms with Crippen molar-refractivity contribution in [1.82, 2.24) is 15.0 Å². The molecule has 1 N–H and O–H groups in total. The number of fused-ring (bicyclic) bond motifs is 2. The molecule has 1 spiro atoms. The molecule has 0 amide bonds. The number of aliphatic hydroxyl groups is 1. The normalized spacial score (nSPS) is 34.8. The summed E-state index contributed by atoms with van der Waals surface area (Å²) >= 11 is 11.7. The summed E-state index contributed by atoms with van der Waals surface area (Å²) in [5.41, 5.74) is 0.306. The van der Waals surface area contributed by atoms with Gasteiger partial charge in [-0.2, -0.15) is 4.98 Å². The van der Waals surface area contributed by atoms with E-state index in [1.807, 2.05) is 0 Å². The summed E-state index contributed by atoms with van der Waals surface area (Å²) in [6.07, 6.45) is 3.18. The molecule has 0 radical (unpaired) electrons. The Labute approximate surface area is 141 Å². The average Bonchev–Trinajstić information content (AvgIpc) is 3.08. The number of nitrogens with zero attached hydrogens (tertiary/aromatic N) is 4. The van der Waals surface area contributed by atoms with Crippen LogP contribution in [0, 0.1) is 23.1 Å². The van der Waals surface area contributed by atoms with Crippen LogP contribution in [0.2, 0.25) is 10.4 Å². The van der Waals surface area contributed by atoms with Crippen molar-refractivity contribution in [2.24, 2.45) is 17.3 Å². The number of hydrogen-bond acceptors (Lipinski definition) is 5. The van der Waals surface area contributed by atoms with Crippen LogP contribution in [-0.4, -0.2) is 39.3 Å². The van der Waals surface area contributed by atoms with Crippen molar-refractivity contribution in [3.63, 3.8) is 0 Å². The molecule has 2 saturated carbocycles. The average molecular weight is 355 g/mol. The Balaban J connectivity index is 1.60. The first kappa shape index (κ1) is 14.1. The topological polar surface area (TPSA) is 62.1 Å². The highest BCUT2D eigenvalue weighted by atomic mass is 35.5. The number of anilines is 1. The van der Waals surface area contributed by atoms with Crippen molar-refractivity contribution in [1.29, 1.82) is 0 Å². The lowest BCUT2D eigenvalue weighted by atomic mass is 9.80. The van der Waals surface area contributed by atoms with Crippen LogP contribution in [0.15, 0.2) is 6.20 Å². The van der Waals surface area contributed by atoms with Crippen LogP contribution >= 0.6 is 23.2 Å². The molecule has 3 aliphatic rings. The Morgan fingerprint density at radius 3 is 2.96 bits per heavy atom. The van der Waals surface area contributed by atoms with E-state index in [1.165, 1.54) is 6.20 Å². The highest BCUT2D eigenvalue weighted by molar-refractivity contribution is 6.30. The van der Waals surface area contributed by atoms with E-state index in [4.69, 9.17) is 23.2 Å². The van der Waals surface area contributed by atoms with Gasteiger partial charge in [0.25, 0.3) is 0 Å². The van der Waals surface area contributed by atoms with Crippen molar-refractivity contribution in [3.8, 4) is 0 Å². The fourth-order valence-corrected chi connectivity index (χ4v) is 5.11. The van der Waals surface area contributed by atoms with Crippen LogP contribution in [0.3, 0.4) is 0 Å². The van der Waals surface area contributed by atoms with E-state index < -0.39 is 5.82 Å². The molecule has 4 atom stereocenters. The van der Waals surface area contributed by atoms with Gasteiger partial charge in [0, 0.05) is 19.3 Å². The van der Waals surface area contributed by atoms with E-state index in [2.05, 4.69) is 19.9 Å².